The molecule has 0 aliphatic rings. The molecule has 0 aromatic carbocycles. The van der Waals surface area contributed by atoms with Crippen LogP contribution in [0, 0.1) is 34.5 Å². The van der Waals surface area contributed by atoms with Crippen LogP contribution in [-0.4, -0.2) is 33.2 Å². The number of rotatable bonds is 8. The van der Waals surface area contributed by atoms with Crippen LogP contribution in [-0.2, 0) is 9.59 Å². The van der Waals surface area contributed by atoms with Crippen molar-refractivity contribution in [2.24, 2.45) is 22.1 Å². The molecule has 2 N–H and O–H groups in total. The van der Waals surface area contributed by atoms with E-state index in [0.29, 0.717) is 0 Å². The summed E-state index contributed by atoms with van der Waals surface area (Å²) in [6, 6.07) is 3.78. The number of hydrogen-bond acceptors (Lipinski definition) is 6. The van der Waals surface area contributed by atoms with Gasteiger partial charge in [-0.05, 0) is 13.8 Å². The van der Waals surface area contributed by atoms with E-state index in [1.807, 2.05) is 12.1 Å². The number of nitriles is 2. The van der Waals surface area contributed by atoms with E-state index in [2.05, 4.69) is 10.2 Å². The van der Waals surface area contributed by atoms with Gasteiger partial charge in [-0.15, -0.1) is 0 Å². The molecule has 4 atom stereocenters. The van der Waals surface area contributed by atoms with Crippen molar-refractivity contribution in [3.8, 4) is 12.1 Å². The minimum absolute atomic E-state index is 0.0572. The van der Waals surface area contributed by atoms with E-state index in [1.165, 1.54) is 27.7 Å². The van der Waals surface area contributed by atoms with Gasteiger partial charge in [0.1, 0.15) is 0 Å². The predicted molar refractivity (Wildman–Crippen MR) is 75.7 cm³/mol. The lowest BCUT2D eigenvalue weighted by atomic mass is 9.91. The van der Waals surface area contributed by atoms with Crippen LogP contribution in [0.3, 0.4) is 0 Å². The first-order valence-electron chi connectivity index (χ1n) is 6.71. The predicted octanol–water partition coefficient (Wildman–Crippen LogP) is 2.22. The van der Waals surface area contributed by atoms with Crippen molar-refractivity contribution in [2.75, 3.05) is 0 Å². The topological polar surface area (TPSA) is 147 Å². The number of carboxylic acid groups (broad SMARTS) is 2. The van der Waals surface area contributed by atoms with E-state index in [-0.39, 0.29) is 12.8 Å². The van der Waals surface area contributed by atoms with Gasteiger partial charge in [0.25, 0.3) is 0 Å². The van der Waals surface area contributed by atoms with Crippen LogP contribution >= 0.6 is 0 Å². The van der Waals surface area contributed by atoms with E-state index < -0.39 is 34.9 Å². The Balaban J connectivity index is 5.23. The number of carboxylic acids is 2. The summed E-state index contributed by atoms with van der Waals surface area (Å²) in [5.74, 6) is -3.71. The molecule has 0 radical (unpaired) electrons. The second-order valence-electron chi connectivity index (χ2n) is 5.86. The SMILES string of the molecule is CC(CC(C)(C#N)/N=N/C(C)(C#N)CC(C)C(=O)O)C(=O)O. The molecule has 0 rings (SSSR count). The number of aliphatic carboxylic acids is 2. The molecule has 22 heavy (non-hydrogen) atoms. The van der Waals surface area contributed by atoms with E-state index >= 15 is 0 Å². The van der Waals surface area contributed by atoms with Crippen LogP contribution in [0.2, 0.25) is 0 Å². The van der Waals surface area contributed by atoms with Crippen LogP contribution in [0.15, 0.2) is 10.2 Å². The Morgan fingerprint density at radius 3 is 1.41 bits per heavy atom. The number of nitrogens with zero attached hydrogens (tertiary/aromatic N) is 4. The Hall–Kier alpha value is -2.48. The third kappa shape index (κ3) is 5.88. The Labute approximate surface area is 129 Å². The Morgan fingerprint density at radius 1 is 0.955 bits per heavy atom. The third-order valence-corrected chi connectivity index (χ3v) is 3.22. The molecular weight excluding hydrogens is 288 g/mol. The third-order valence-electron chi connectivity index (χ3n) is 3.22. The number of azo groups is 1. The van der Waals surface area contributed by atoms with Gasteiger partial charge in [-0.3, -0.25) is 9.59 Å². The highest BCUT2D eigenvalue weighted by atomic mass is 16.4. The van der Waals surface area contributed by atoms with Crippen LogP contribution < -0.4 is 0 Å². The summed E-state index contributed by atoms with van der Waals surface area (Å²) in [7, 11) is 0. The van der Waals surface area contributed by atoms with Crippen LogP contribution in [0.4, 0.5) is 0 Å². The molecule has 0 saturated heterocycles. The average molecular weight is 308 g/mol. The van der Waals surface area contributed by atoms with E-state index in [0.717, 1.165) is 0 Å². The lowest BCUT2D eigenvalue weighted by molar-refractivity contribution is -0.142. The first-order valence-corrected chi connectivity index (χ1v) is 6.71. The van der Waals surface area contributed by atoms with E-state index in [9.17, 15) is 20.1 Å². The fourth-order valence-corrected chi connectivity index (χ4v) is 1.81. The minimum atomic E-state index is -1.39. The molecular formula is C14H20N4O4. The van der Waals surface area contributed by atoms with Crippen molar-refractivity contribution in [3.05, 3.63) is 0 Å². The molecule has 0 fully saturated rings. The molecule has 0 aromatic rings. The molecule has 0 amide bonds. The van der Waals surface area contributed by atoms with Crippen LogP contribution in [0.1, 0.15) is 40.5 Å². The lowest BCUT2D eigenvalue weighted by Gasteiger charge is -2.22. The summed E-state index contributed by atoms with van der Waals surface area (Å²) in [6.45, 7) is 5.75. The normalized spacial score (nSPS) is 19.2. The maximum absolute atomic E-state index is 10.9. The zero-order valence-electron chi connectivity index (χ0n) is 13.1. The highest BCUT2D eigenvalue weighted by Crippen LogP contribution is 2.26. The molecule has 0 bridgehead atoms. The smallest absolute Gasteiger partial charge is 0.306 e. The monoisotopic (exact) mass is 308 g/mol. The van der Waals surface area contributed by atoms with Gasteiger partial charge in [0.05, 0.1) is 24.0 Å². The number of hydrogen-bond donors (Lipinski definition) is 2. The molecule has 0 aromatic heterocycles. The first kappa shape index (κ1) is 19.5. The van der Waals surface area contributed by atoms with Gasteiger partial charge in [0, 0.05) is 12.8 Å². The molecule has 0 spiro atoms. The van der Waals surface area contributed by atoms with Gasteiger partial charge in [0.2, 0.25) is 0 Å². The van der Waals surface area contributed by atoms with Gasteiger partial charge in [-0.1, -0.05) is 13.8 Å². The summed E-state index contributed by atoms with van der Waals surface area (Å²) >= 11 is 0. The summed E-state index contributed by atoms with van der Waals surface area (Å²) in [4.78, 5) is 21.7. The first-order chi connectivity index (χ1) is 9.98. The maximum atomic E-state index is 10.9. The zero-order chi connectivity index (χ0) is 17.6. The summed E-state index contributed by atoms with van der Waals surface area (Å²) in [6.07, 6.45) is -0.114. The standard InChI is InChI=1S/C14H20N4O4/c1-9(11(19)20)5-13(3,7-15)17-18-14(4,8-16)6-10(2)12(21)22/h9-10H,5-6H2,1-4H3,(H,19,20)(H,21,22)/b18-17+. The van der Waals surface area contributed by atoms with Gasteiger partial charge < -0.3 is 10.2 Å². The van der Waals surface area contributed by atoms with Crippen molar-refractivity contribution in [1.82, 2.24) is 0 Å². The average Bonchev–Trinajstić information content (AvgIpc) is 2.45. The fraction of sp³-hybridized carbons (Fsp3) is 0.714. The fourth-order valence-electron chi connectivity index (χ4n) is 1.81. The maximum Gasteiger partial charge on any atom is 0.306 e. The molecule has 0 aliphatic carbocycles. The minimum Gasteiger partial charge on any atom is -0.481 e. The quantitative estimate of drug-likeness (QED) is 0.657. The van der Waals surface area contributed by atoms with Crippen molar-refractivity contribution in [1.29, 1.82) is 10.5 Å². The Morgan fingerprint density at radius 2 is 1.23 bits per heavy atom. The molecule has 0 heterocycles. The van der Waals surface area contributed by atoms with E-state index in [4.69, 9.17) is 10.2 Å². The summed E-state index contributed by atoms with van der Waals surface area (Å²) in [5.41, 5.74) is -2.77. The molecule has 120 valence electrons. The van der Waals surface area contributed by atoms with Gasteiger partial charge in [-0.2, -0.15) is 20.8 Å². The largest absolute Gasteiger partial charge is 0.481 e. The highest BCUT2D eigenvalue weighted by molar-refractivity contribution is 5.70. The van der Waals surface area contributed by atoms with Gasteiger partial charge in [-0.25, -0.2) is 0 Å². The van der Waals surface area contributed by atoms with Crippen molar-refractivity contribution < 1.29 is 19.8 Å². The lowest BCUT2D eigenvalue weighted by Crippen LogP contribution is -2.29. The zero-order valence-corrected chi connectivity index (χ0v) is 13.1. The number of carbonyl (C=O) groups is 2. The van der Waals surface area contributed by atoms with Gasteiger partial charge in [0.15, 0.2) is 11.1 Å². The van der Waals surface area contributed by atoms with E-state index in [1.54, 1.807) is 0 Å². The highest BCUT2D eigenvalue weighted by Gasteiger charge is 2.33. The molecule has 0 saturated carbocycles. The van der Waals surface area contributed by atoms with Crippen molar-refractivity contribution in [3.63, 3.8) is 0 Å². The Kier molecular flexibility index (Phi) is 6.66. The molecule has 4 unspecified atom stereocenters. The van der Waals surface area contributed by atoms with Gasteiger partial charge >= 0.3 is 11.9 Å². The second-order valence-corrected chi connectivity index (χ2v) is 5.86. The van der Waals surface area contributed by atoms with Crippen molar-refractivity contribution >= 4 is 11.9 Å². The van der Waals surface area contributed by atoms with Crippen LogP contribution in [0.25, 0.3) is 0 Å². The van der Waals surface area contributed by atoms with Crippen molar-refractivity contribution in [2.45, 2.75) is 51.6 Å². The second kappa shape index (κ2) is 7.51. The summed E-state index contributed by atoms with van der Waals surface area (Å²) in [5, 5.41) is 43.8. The molecule has 0 aliphatic heterocycles. The van der Waals surface area contributed by atoms with Crippen LogP contribution in [0.5, 0.6) is 0 Å². The summed E-state index contributed by atoms with van der Waals surface area (Å²) < 4.78 is 0. The molecule has 8 nitrogen and oxygen atoms in total. The Bertz CT molecular complexity index is 500. The molecule has 8 heteroatoms.